The molecule has 0 unspecified atom stereocenters. The van der Waals surface area contributed by atoms with Crippen LogP contribution in [0.15, 0.2) is 0 Å². The van der Waals surface area contributed by atoms with Crippen molar-refractivity contribution in [2.24, 2.45) is 0 Å². The van der Waals surface area contributed by atoms with E-state index in [0.717, 1.165) is 8.97 Å². The van der Waals surface area contributed by atoms with Crippen molar-refractivity contribution in [2.45, 2.75) is 175 Å². The topological polar surface area (TPSA) is 23.1 Å². The molecule has 4 heteroatoms. The first-order chi connectivity index (χ1) is 18.5. The molecule has 0 aliphatic carbocycles. The molecule has 0 fully saturated rings. The van der Waals surface area contributed by atoms with Gasteiger partial charge in [0.15, 0.2) is 0 Å². The Labute approximate surface area is 267 Å². The van der Waals surface area contributed by atoms with Gasteiger partial charge < -0.3 is 31.1 Å². The number of hydrogen-bond donors (Lipinski definition) is 0. The molecule has 0 heterocycles. The summed E-state index contributed by atoms with van der Waals surface area (Å²) < 4.78 is 2.25. The molecule has 0 bridgehead atoms. The van der Waals surface area contributed by atoms with Crippen LogP contribution >= 0.6 is 0 Å². The molecule has 0 spiro atoms. The summed E-state index contributed by atoms with van der Waals surface area (Å²) in [5.41, 5.74) is 0. The minimum atomic E-state index is 0. The molecule has 0 amide bonds. The molecular formula is C36H81BrN2O. The number of nitrogens with zero attached hydrogens (tertiary/aromatic N) is 2. The van der Waals surface area contributed by atoms with Crippen LogP contribution in [-0.2, 0) is 0 Å². The molecule has 248 valence electrons. The molecule has 3 nitrogen and oxygen atoms in total. The quantitative estimate of drug-likeness (QED) is 0.0730. The fourth-order valence-electron chi connectivity index (χ4n) is 4.85. The van der Waals surface area contributed by atoms with Crippen LogP contribution in [0.3, 0.4) is 0 Å². The Morgan fingerprint density at radius 1 is 0.325 bits per heavy atom. The SMILES string of the molecule is CCCCCCCCCCCCCC[N+](C)(C)C.CCCCCCCCCCCCCC[N+](C)(C)C.CC[O-].[Br-]. The zero-order valence-corrected chi connectivity index (χ0v) is 31.4. The molecule has 0 radical (unpaired) electrons. The van der Waals surface area contributed by atoms with Gasteiger partial charge in [-0.1, -0.05) is 149 Å². The van der Waals surface area contributed by atoms with Crippen molar-refractivity contribution < 1.29 is 31.1 Å². The van der Waals surface area contributed by atoms with Crippen LogP contribution in [0.1, 0.15) is 175 Å². The lowest BCUT2D eigenvalue weighted by atomic mass is 10.1. The maximum Gasteiger partial charge on any atom is 0.0780 e. The molecule has 0 saturated heterocycles. The standard InChI is InChI=1S/2C17H38N.C2H5O.BrH/c2*1-5-6-7-8-9-10-11-12-13-14-15-16-17-18(2,3)4;1-2-3;/h2*5-17H2,1-4H3;2H2,1H3;1H/q2*+1;-1;/p-1. The summed E-state index contributed by atoms with van der Waals surface area (Å²) in [5.74, 6) is 0. The Morgan fingerprint density at radius 3 is 0.625 bits per heavy atom. The van der Waals surface area contributed by atoms with E-state index < -0.39 is 0 Å². The number of unbranched alkanes of at least 4 members (excludes halogenated alkanes) is 22. The van der Waals surface area contributed by atoms with Gasteiger partial charge in [-0.25, -0.2) is 0 Å². The first kappa shape index (κ1) is 47.3. The van der Waals surface area contributed by atoms with Gasteiger partial charge in [-0.3, -0.25) is 0 Å². The minimum absolute atomic E-state index is 0. The summed E-state index contributed by atoms with van der Waals surface area (Å²) in [4.78, 5) is 0. The molecule has 0 aliphatic rings. The van der Waals surface area contributed by atoms with Crippen molar-refractivity contribution in [2.75, 3.05) is 62.0 Å². The highest BCUT2D eigenvalue weighted by Gasteiger charge is 2.05. The lowest BCUT2D eigenvalue weighted by molar-refractivity contribution is -0.870. The summed E-state index contributed by atoms with van der Waals surface area (Å²) >= 11 is 0. The third-order valence-corrected chi connectivity index (χ3v) is 7.36. The van der Waals surface area contributed by atoms with Crippen molar-refractivity contribution in [3.8, 4) is 0 Å². The highest BCUT2D eigenvalue weighted by molar-refractivity contribution is 4.49. The second-order valence-corrected chi connectivity index (χ2v) is 14.1. The molecule has 0 saturated carbocycles. The molecule has 40 heavy (non-hydrogen) atoms. The average Bonchev–Trinajstić information content (AvgIpc) is 2.85. The van der Waals surface area contributed by atoms with Gasteiger partial charge in [-0.15, -0.1) is 6.61 Å². The number of halogens is 1. The van der Waals surface area contributed by atoms with Crippen molar-refractivity contribution in [1.82, 2.24) is 0 Å². The lowest BCUT2D eigenvalue weighted by Crippen LogP contribution is -3.00. The zero-order chi connectivity index (χ0) is 30.1. The van der Waals surface area contributed by atoms with Gasteiger partial charge in [0, 0.05) is 0 Å². The van der Waals surface area contributed by atoms with E-state index >= 15 is 0 Å². The molecule has 0 aliphatic heterocycles. The van der Waals surface area contributed by atoms with E-state index in [9.17, 15) is 0 Å². The van der Waals surface area contributed by atoms with Gasteiger partial charge in [0.1, 0.15) is 0 Å². The van der Waals surface area contributed by atoms with Crippen molar-refractivity contribution in [3.05, 3.63) is 0 Å². The minimum Gasteiger partial charge on any atom is -1.00 e. The van der Waals surface area contributed by atoms with Crippen molar-refractivity contribution in [1.29, 1.82) is 0 Å². The van der Waals surface area contributed by atoms with E-state index in [-0.39, 0.29) is 23.6 Å². The predicted molar refractivity (Wildman–Crippen MR) is 178 cm³/mol. The normalized spacial score (nSPS) is 11.2. The molecular weight excluding hydrogens is 556 g/mol. The van der Waals surface area contributed by atoms with E-state index in [1.54, 1.807) is 6.92 Å². The third-order valence-electron chi connectivity index (χ3n) is 7.36. The number of quaternary nitrogens is 2. The smallest absolute Gasteiger partial charge is 0.0780 e. The first-order valence-electron chi connectivity index (χ1n) is 17.7. The summed E-state index contributed by atoms with van der Waals surface area (Å²) in [6, 6.07) is 0. The second kappa shape index (κ2) is 37.4. The molecule has 0 rings (SSSR count). The monoisotopic (exact) mass is 637 g/mol. The first-order valence-corrected chi connectivity index (χ1v) is 17.7. The average molecular weight is 638 g/mol. The van der Waals surface area contributed by atoms with E-state index in [1.165, 1.54) is 167 Å². The van der Waals surface area contributed by atoms with Crippen molar-refractivity contribution >= 4 is 0 Å². The Morgan fingerprint density at radius 2 is 0.475 bits per heavy atom. The second-order valence-electron chi connectivity index (χ2n) is 14.1. The van der Waals surface area contributed by atoms with Gasteiger partial charge in [0.2, 0.25) is 0 Å². The summed E-state index contributed by atoms with van der Waals surface area (Å²) in [7, 11) is 13.7. The Kier molecular flexibility index (Phi) is 44.2. The van der Waals surface area contributed by atoms with E-state index in [4.69, 9.17) is 5.11 Å². The van der Waals surface area contributed by atoms with Gasteiger partial charge in [0.05, 0.1) is 55.4 Å². The molecule has 0 N–H and O–H groups in total. The van der Waals surface area contributed by atoms with Gasteiger partial charge >= 0.3 is 0 Å². The van der Waals surface area contributed by atoms with Gasteiger partial charge in [-0.05, 0) is 25.7 Å². The highest BCUT2D eigenvalue weighted by atomic mass is 79.9. The van der Waals surface area contributed by atoms with Crippen LogP contribution in [0.5, 0.6) is 0 Å². The van der Waals surface area contributed by atoms with E-state index in [1.807, 2.05) is 0 Å². The molecule has 0 atom stereocenters. The summed E-state index contributed by atoms with van der Waals surface area (Å²) in [6.07, 6.45) is 34.8. The summed E-state index contributed by atoms with van der Waals surface area (Å²) in [5, 5.41) is 8.93. The molecule has 0 aromatic heterocycles. The third kappa shape index (κ3) is 58.1. The van der Waals surface area contributed by atoms with Crippen LogP contribution in [0.25, 0.3) is 0 Å². The van der Waals surface area contributed by atoms with Gasteiger partial charge in [0.25, 0.3) is 0 Å². The molecule has 0 aromatic carbocycles. The Bertz CT molecular complexity index is 380. The summed E-state index contributed by atoms with van der Waals surface area (Å²) in [6.45, 7) is 8.81. The van der Waals surface area contributed by atoms with Crippen LogP contribution in [-0.4, -0.2) is 70.9 Å². The lowest BCUT2D eigenvalue weighted by Gasteiger charge is -2.23. The van der Waals surface area contributed by atoms with Crippen molar-refractivity contribution in [3.63, 3.8) is 0 Å². The zero-order valence-electron chi connectivity index (χ0n) is 29.8. The van der Waals surface area contributed by atoms with E-state index in [2.05, 4.69) is 56.1 Å². The maximum absolute atomic E-state index is 8.93. The predicted octanol–water partition coefficient (Wildman–Crippen LogP) is 7.16. The fraction of sp³-hybridized carbons (Fsp3) is 1.00. The maximum atomic E-state index is 8.93. The van der Waals surface area contributed by atoms with Crippen LogP contribution in [0.4, 0.5) is 0 Å². The van der Waals surface area contributed by atoms with Crippen LogP contribution < -0.4 is 22.1 Å². The van der Waals surface area contributed by atoms with E-state index in [0.29, 0.717) is 0 Å². The number of rotatable bonds is 26. The molecule has 0 aromatic rings. The van der Waals surface area contributed by atoms with Gasteiger partial charge in [-0.2, -0.15) is 0 Å². The fourth-order valence-corrected chi connectivity index (χ4v) is 4.85. The van der Waals surface area contributed by atoms with Crippen LogP contribution in [0, 0.1) is 0 Å². The largest absolute Gasteiger partial charge is 1.00 e. The number of hydrogen-bond acceptors (Lipinski definition) is 1. The van der Waals surface area contributed by atoms with Crippen LogP contribution in [0.2, 0.25) is 0 Å². The Balaban J connectivity index is -0.000000288. The highest BCUT2D eigenvalue weighted by Crippen LogP contribution is 2.13. The Hall–Kier alpha value is 0.360.